The molecule has 7 heteroatoms. The molecular weight excluding hydrogens is 255 g/mol. The fourth-order valence-corrected chi connectivity index (χ4v) is 1.62. The fraction of sp³-hybridized carbons (Fsp3) is 0.250. The summed E-state index contributed by atoms with van der Waals surface area (Å²) < 4.78 is 12.9. The number of rotatable bonds is 3. The van der Waals surface area contributed by atoms with Gasteiger partial charge in [0.05, 0.1) is 0 Å². The van der Waals surface area contributed by atoms with Gasteiger partial charge in [0, 0.05) is 12.1 Å². The molecule has 2 rings (SSSR count). The molecule has 0 fully saturated rings. The van der Waals surface area contributed by atoms with E-state index in [4.69, 9.17) is 9.94 Å². The number of hydrogen-bond acceptors (Lipinski definition) is 4. The number of halogens is 1. The van der Waals surface area contributed by atoms with E-state index in [2.05, 4.69) is 10.5 Å². The summed E-state index contributed by atoms with van der Waals surface area (Å²) in [6.45, 7) is 1.65. The lowest BCUT2D eigenvalue weighted by atomic mass is 10.1. The fourth-order valence-electron chi connectivity index (χ4n) is 1.62. The summed E-state index contributed by atoms with van der Waals surface area (Å²) >= 11 is 0. The SMILES string of the molecule is Cc1cc(F)ccc1NC(=O)C1CC(C(=O)O)=NO1. The van der Waals surface area contributed by atoms with Gasteiger partial charge in [0.2, 0.25) is 6.10 Å². The van der Waals surface area contributed by atoms with Crippen molar-refractivity contribution >= 4 is 23.3 Å². The molecule has 0 radical (unpaired) electrons. The summed E-state index contributed by atoms with van der Waals surface area (Å²) in [5, 5.41) is 14.5. The van der Waals surface area contributed by atoms with Gasteiger partial charge >= 0.3 is 5.97 Å². The number of nitrogens with zero attached hydrogens (tertiary/aromatic N) is 1. The van der Waals surface area contributed by atoms with Crippen molar-refractivity contribution in [2.45, 2.75) is 19.4 Å². The molecule has 1 aliphatic heterocycles. The number of amides is 1. The van der Waals surface area contributed by atoms with Gasteiger partial charge in [-0.25, -0.2) is 9.18 Å². The number of hydrogen-bond donors (Lipinski definition) is 2. The Morgan fingerprint density at radius 1 is 1.53 bits per heavy atom. The van der Waals surface area contributed by atoms with Gasteiger partial charge in [0.15, 0.2) is 5.71 Å². The van der Waals surface area contributed by atoms with Crippen LogP contribution in [0.3, 0.4) is 0 Å². The second-order valence-electron chi connectivity index (χ2n) is 4.09. The average Bonchev–Trinajstić information content (AvgIpc) is 2.82. The highest BCUT2D eigenvalue weighted by Gasteiger charge is 2.31. The van der Waals surface area contributed by atoms with Crippen LogP contribution in [-0.4, -0.2) is 28.8 Å². The van der Waals surface area contributed by atoms with Gasteiger partial charge in [-0.15, -0.1) is 0 Å². The summed E-state index contributed by atoms with van der Waals surface area (Å²) in [5.74, 6) is -2.13. The van der Waals surface area contributed by atoms with Crippen molar-refractivity contribution in [3.63, 3.8) is 0 Å². The number of oxime groups is 1. The van der Waals surface area contributed by atoms with Crippen molar-refractivity contribution in [3.05, 3.63) is 29.6 Å². The van der Waals surface area contributed by atoms with Crippen LogP contribution in [0.15, 0.2) is 23.4 Å². The van der Waals surface area contributed by atoms with E-state index < -0.39 is 23.8 Å². The third kappa shape index (κ3) is 2.87. The molecule has 0 bridgehead atoms. The molecule has 0 aliphatic carbocycles. The highest BCUT2D eigenvalue weighted by Crippen LogP contribution is 2.18. The molecule has 0 spiro atoms. The van der Waals surface area contributed by atoms with Crippen molar-refractivity contribution in [3.8, 4) is 0 Å². The van der Waals surface area contributed by atoms with E-state index in [9.17, 15) is 14.0 Å². The predicted molar refractivity (Wildman–Crippen MR) is 64.3 cm³/mol. The van der Waals surface area contributed by atoms with E-state index >= 15 is 0 Å². The monoisotopic (exact) mass is 266 g/mol. The van der Waals surface area contributed by atoms with Crippen molar-refractivity contribution in [1.82, 2.24) is 0 Å². The highest BCUT2D eigenvalue weighted by atomic mass is 19.1. The van der Waals surface area contributed by atoms with Crippen LogP contribution in [0.25, 0.3) is 0 Å². The molecule has 1 aromatic rings. The van der Waals surface area contributed by atoms with E-state index in [0.717, 1.165) is 0 Å². The zero-order valence-corrected chi connectivity index (χ0v) is 10.0. The maximum Gasteiger partial charge on any atom is 0.353 e. The number of benzene rings is 1. The van der Waals surface area contributed by atoms with Gasteiger partial charge in [0.25, 0.3) is 5.91 Å². The molecule has 1 heterocycles. The first-order chi connectivity index (χ1) is 8.97. The maximum absolute atomic E-state index is 12.9. The van der Waals surface area contributed by atoms with Gasteiger partial charge in [0.1, 0.15) is 5.82 Å². The maximum atomic E-state index is 12.9. The molecular formula is C12H11FN2O4. The predicted octanol–water partition coefficient (Wildman–Crippen LogP) is 1.30. The highest BCUT2D eigenvalue weighted by molar-refractivity contribution is 6.36. The Hall–Kier alpha value is -2.44. The molecule has 6 nitrogen and oxygen atoms in total. The van der Waals surface area contributed by atoms with Crippen molar-refractivity contribution in [1.29, 1.82) is 0 Å². The Bertz CT molecular complexity index is 571. The molecule has 0 aromatic heterocycles. The average molecular weight is 266 g/mol. The number of carbonyl (C=O) groups excluding carboxylic acids is 1. The number of anilines is 1. The quantitative estimate of drug-likeness (QED) is 0.863. The first kappa shape index (κ1) is 13.0. The standard InChI is InChI=1S/C12H11FN2O4/c1-6-4-7(13)2-3-8(6)14-11(16)10-5-9(12(17)18)15-19-10/h2-4,10H,5H2,1H3,(H,14,16)(H,17,18). The molecule has 1 amide bonds. The van der Waals surface area contributed by atoms with E-state index in [0.29, 0.717) is 11.3 Å². The van der Waals surface area contributed by atoms with Crippen molar-refractivity contribution < 1.29 is 23.9 Å². The molecule has 0 saturated heterocycles. The number of aliphatic carboxylic acids is 1. The van der Waals surface area contributed by atoms with Crippen molar-refractivity contribution in [2.75, 3.05) is 5.32 Å². The minimum absolute atomic E-state index is 0.0958. The Labute approximate surface area is 107 Å². The van der Waals surface area contributed by atoms with Gasteiger partial charge in [-0.1, -0.05) is 5.16 Å². The molecule has 1 atom stereocenters. The summed E-state index contributed by atoms with van der Waals surface area (Å²) in [6, 6.07) is 3.93. The summed E-state index contributed by atoms with van der Waals surface area (Å²) in [4.78, 5) is 27.2. The first-order valence-electron chi connectivity index (χ1n) is 5.50. The van der Waals surface area contributed by atoms with Crippen LogP contribution >= 0.6 is 0 Å². The van der Waals surface area contributed by atoms with Crippen LogP contribution in [0.5, 0.6) is 0 Å². The Kier molecular flexibility index (Phi) is 3.46. The minimum atomic E-state index is -1.21. The van der Waals surface area contributed by atoms with Gasteiger partial charge in [-0.2, -0.15) is 0 Å². The lowest BCUT2D eigenvalue weighted by molar-refractivity contribution is -0.129. The van der Waals surface area contributed by atoms with Crippen LogP contribution in [-0.2, 0) is 14.4 Å². The summed E-state index contributed by atoms with van der Waals surface area (Å²) in [6.07, 6.45) is -1.07. The summed E-state index contributed by atoms with van der Waals surface area (Å²) in [7, 11) is 0. The third-order valence-electron chi connectivity index (χ3n) is 2.65. The molecule has 100 valence electrons. The number of carbonyl (C=O) groups is 2. The minimum Gasteiger partial charge on any atom is -0.477 e. The van der Waals surface area contributed by atoms with E-state index in [1.807, 2.05) is 0 Å². The number of nitrogens with one attached hydrogen (secondary N) is 1. The van der Waals surface area contributed by atoms with Crippen LogP contribution in [0.2, 0.25) is 0 Å². The zero-order chi connectivity index (χ0) is 14.0. The molecule has 1 unspecified atom stereocenters. The second-order valence-corrected chi connectivity index (χ2v) is 4.09. The molecule has 2 N–H and O–H groups in total. The van der Waals surface area contributed by atoms with Gasteiger partial charge < -0.3 is 15.3 Å². The van der Waals surface area contributed by atoms with E-state index in [1.54, 1.807) is 6.92 Å². The topological polar surface area (TPSA) is 88.0 Å². The molecule has 19 heavy (non-hydrogen) atoms. The first-order valence-corrected chi connectivity index (χ1v) is 5.50. The zero-order valence-electron chi connectivity index (χ0n) is 10.0. The third-order valence-corrected chi connectivity index (χ3v) is 2.65. The van der Waals surface area contributed by atoms with Crippen LogP contribution in [0.4, 0.5) is 10.1 Å². The number of carboxylic acids is 1. The van der Waals surface area contributed by atoms with E-state index in [1.165, 1.54) is 18.2 Å². The molecule has 0 saturated carbocycles. The van der Waals surface area contributed by atoms with Gasteiger partial charge in [-0.3, -0.25) is 4.79 Å². The molecule has 1 aliphatic rings. The normalized spacial score (nSPS) is 17.6. The van der Waals surface area contributed by atoms with Crippen LogP contribution < -0.4 is 5.32 Å². The van der Waals surface area contributed by atoms with Gasteiger partial charge in [-0.05, 0) is 30.7 Å². The Balaban J connectivity index is 2.01. The lowest BCUT2D eigenvalue weighted by Gasteiger charge is -2.11. The summed E-state index contributed by atoms with van der Waals surface area (Å²) in [5.41, 5.74) is 0.806. The second kappa shape index (κ2) is 5.05. The Morgan fingerprint density at radius 3 is 2.84 bits per heavy atom. The smallest absolute Gasteiger partial charge is 0.353 e. The van der Waals surface area contributed by atoms with Crippen LogP contribution in [0.1, 0.15) is 12.0 Å². The van der Waals surface area contributed by atoms with E-state index in [-0.39, 0.29) is 12.1 Å². The van der Waals surface area contributed by atoms with Crippen LogP contribution in [0, 0.1) is 12.7 Å². The van der Waals surface area contributed by atoms with Crippen molar-refractivity contribution in [2.24, 2.45) is 5.16 Å². The lowest BCUT2D eigenvalue weighted by Crippen LogP contribution is -2.29. The number of aryl methyl sites for hydroxylation is 1. The number of carboxylic acid groups (broad SMARTS) is 1. The Morgan fingerprint density at radius 2 is 2.26 bits per heavy atom. The largest absolute Gasteiger partial charge is 0.477 e. The molecule has 1 aromatic carbocycles.